The zero-order valence-corrected chi connectivity index (χ0v) is 18.7. The highest BCUT2D eigenvalue weighted by Crippen LogP contribution is 2.37. The molecule has 0 aliphatic carbocycles. The SMILES string of the molecule is CCc1c(C)sc2nc(C)nc(SCC(=O)N3c4ccc(F)cc4CC[C@@H]3C)c12. The van der Waals surface area contributed by atoms with Gasteiger partial charge < -0.3 is 4.90 Å². The maximum Gasteiger partial charge on any atom is 0.237 e. The van der Waals surface area contributed by atoms with Crippen LogP contribution in [0.5, 0.6) is 0 Å². The second-order valence-corrected chi connectivity index (χ2v) is 9.63. The molecular weight excluding hydrogens is 405 g/mol. The number of aromatic nitrogens is 2. The lowest BCUT2D eigenvalue weighted by molar-refractivity contribution is -0.116. The average Bonchev–Trinajstić information content (AvgIpc) is 3.00. The molecule has 0 fully saturated rings. The quantitative estimate of drug-likeness (QED) is 0.408. The van der Waals surface area contributed by atoms with Crippen molar-refractivity contribution >= 4 is 44.9 Å². The molecule has 1 aromatic carbocycles. The number of thioether (sulfide) groups is 1. The Hall–Kier alpha value is -1.99. The lowest BCUT2D eigenvalue weighted by Gasteiger charge is -2.35. The normalized spacial score (nSPS) is 16.3. The number of amides is 1. The first kappa shape index (κ1) is 20.3. The number of aryl methyl sites for hydroxylation is 4. The summed E-state index contributed by atoms with van der Waals surface area (Å²) in [5.41, 5.74) is 3.01. The average molecular weight is 430 g/mol. The van der Waals surface area contributed by atoms with E-state index in [1.165, 1.54) is 28.3 Å². The van der Waals surface area contributed by atoms with E-state index in [1.54, 1.807) is 23.5 Å². The topological polar surface area (TPSA) is 46.1 Å². The van der Waals surface area contributed by atoms with Gasteiger partial charge in [0.1, 0.15) is 21.5 Å². The third-order valence-corrected chi connectivity index (χ3v) is 7.46. The van der Waals surface area contributed by atoms with E-state index in [4.69, 9.17) is 0 Å². The summed E-state index contributed by atoms with van der Waals surface area (Å²) in [6.07, 6.45) is 2.56. The Labute approximate surface area is 178 Å². The Balaban J connectivity index is 1.63. The van der Waals surface area contributed by atoms with Gasteiger partial charge in [-0.25, -0.2) is 14.4 Å². The first-order valence-corrected chi connectivity index (χ1v) is 11.7. The summed E-state index contributed by atoms with van der Waals surface area (Å²) >= 11 is 3.17. The molecule has 0 spiro atoms. The van der Waals surface area contributed by atoms with Crippen LogP contribution in [-0.2, 0) is 17.6 Å². The molecule has 0 saturated heterocycles. The highest BCUT2D eigenvalue weighted by molar-refractivity contribution is 8.00. The summed E-state index contributed by atoms with van der Waals surface area (Å²) in [7, 11) is 0. The largest absolute Gasteiger partial charge is 0.309 e. The molecule has 4 rings (SSSR count). The summed E-state index contributed by atoms with van der Waals surface area (Å²) in [5, 5.41) is 1.97. The monoisotopic (exact) mass is 429 g/mol. The van der Waals surface area contributed by atoms with E-state index >= 15 is 0 Å². The van der Waals surface area contributed by atoms with Crippen LogP contribution in [0.1, 0.15) is 42.1 Å². The van der Waals surface area contributed by atoms with Crippen LogP contribution in [0.2, 0.25) is 0 Å². The third kappa shape index (κ3) is 3.78. The van der Waals surface area contributed by atoms with Gasteiger partial charge in [0.05, 0.1) is 5.75 Å². The van der Waals surface area contributed by atoms with Crippen molar-refractivity contribution in [2.75, 3.05) is 10.7 Å². The van der Waals surface area contributed by atoms with E-state index in [0.29, 0.717) is 5.75 Å². The van der Waals surface area contributed by atoms with Crippen molar-refractivity contribution in [1.29, 1.82) is 0 Å². The molecule has 3 heterocycles. The number of carbonyl (C=O) groups excluding carboxylic acids is 1. The molecule has 29 heavy (non-hydrogen) atoms. The van der Waals surface area contributed by atoms with Crippen molar-refractivity contribution in [3.63, 3.8) is 0 Å². The van der Waals surface area contributed by atoms with Crippen molar-refractivity contribution in [3.8, 4) is 0 Å². The molecule has 1 aliphatic heterocycles. The summed E-state index contributed by atoms with van der Waals surface area (Å²) in [5.74, 6) is 0.803. The van der Waals surface area contributed by atoms with Gasteiger partial charge in [-0.15, -0.1) is 11.3 Å². The number of carbonyl (C=O) groups is 1. The predicted molar refractivity (Wildman–Crippen MR) is 119 cm³/mol. The zero-order chi connectivity index (χ0) is 20.7. The van der Waals surface area contributed by atoms with Gasteiger partial charge in [0, 0.05) is 22.0 Å². The van der Waals surface area contributed by atoms with Crippen molar-refractivity contribution in [3.05, 3.63) is 45.8 Å². The number of nitrogens with zero attached hydrogens (tertiary/aromatic N) is 3. The van der Waals surface area contributed by atoms with Gasteiger partial charge in [-0.05, 0) is 69.4 Å². The molecule has 0 N–H and O–H groups in total. The first-order valence-electron chi connectivity index (χ1n) is 9.89. The van der Waals surface area contributed by atoms with Crippen LogP contribution >= 0.6 is 23.1 Å². The number of rotatable bonds is 4. The van der Waals surface area contributed by atoms with E-state index in [1.807, 2.05) is 11.8 Å². The van der Waals surface area contributed by atoms with E-state index in [0.717, 1.165) is 51.6 Å². The van der Waals surface area contributed by atoms with Crippen LogP contribution in [0.4, 0.5) is 10.1 Å². The van der Waals surface area contributed by atoms with Crippen molar-refractivity contribution in [2.45, 2.75) is 58.0 Å². The van der Waals surface area contributed by atoms with Gasteiger partial charge in [-0.2, -0.15) is 0 Å². The summed E-state index contributed by atoms with van der Waals surface area (Å²) in [6.45, 7) is 8.20. The predicted octanol–water partition coefficient (Wildman–Crippen LogP) is 5.47. The highest BCUT2D eigenvalue weighted by Gasteiger charge is 2.29. The maximum atomic E-state index is 13.6. The lowest BCUT2D eigenvalue weighted by atomic mass is 9.96. The van der Waals surface area contributed by atoms with E-state index < -0.39 is 0 Å². The smallest absolute Gasteiger partial charge is 0.237 e. The summed E-state index contributed by atoms with van der Waals surface area (Å²) in [6, 6.07) is 4.81. The second kappa shape index (κ2) is 8.03. The number of hydrogen-bond acceptors (Lipinski definition) is 5. The molecule has 1 amide bonds. The second-order valence-electron chi connectivity index (χ2n) is 7.46. The van der Waals surface area contributed by atoms with Crippen LogP contribution in [-0.4, -0.2) is 27.7 Å². The van der Waals surface area contributed by atoms with Gasteiger partial charge in [-0.1, -0.05) is 18.7 Å². The number of thiophene rings is 1. The molecule has 2 aromatic heterocycles. The molecule has 0 radical (unpaired) electrons. The van der Waals surface area contributed by atoms with E-state index in [-0.39, 0.29) is 17.8 Å². The molecule has 152 valence electrons. The fourth-order valence-corrected chi connectivity index (χ4v) is 6.25. The molecule has 0 bridgehead atoms. The number of halogens is 1. The van der Waals surface area contributed by atoms with E-state index in [2.05, 4.69) is 30.7 Å². The minimum absolute atomic E-state index is 0.0319. The minimum Gasteiger partial charge on any atom is -0.309 e. The summed E-state index contributed by atoms with van der Waals surface area (Å²) in [4.78, 5) is 26.5. The standard InChI is InChI=1S/C22H24FN3OS2/c1-5-17-13(3)29-22-20(17)21(24-14(4)25-22)28-11-19(27)26-12(2)6-7-15-10-16(23)8-9-18(15)26/h8-10,12H,5-7,11H2,1-4H3/t12-/m0/s1. The van der Waals surface area contributed by atoms with Gasteiger partial charge in [0.15, 0.2) is 0 Å². The fourth-order valence-electron chi connectivity index (χ4n) is 4.07. The van der Waals surface area contributed by atoms with Crippen LogP contribution in [0.25, 0.3) is 10.2 Å². The molecule has 0 saturated carbocycles. The van der Waals surface area contributed by atoms with Crippen LogP contribution in [0.3, 0.4) is 0 Å². The molecule has 3 aromatic rings. The van der Waals surface area contributed by atoms with Gasteiger partial charge in [0.25, 0.3) is 0 Å². The molecule has 0 unspecified atom stereocenters. The molecule has 1 atom stereocenters. The Morgan fingerprint density at radius 2 is 2.14 bits per heavy atom. The molecule has 1 aliphatic rings. The zero-order valence-electron chi connectivity index (χ0n) is 17.1. The van der Waals surface area contributed by atoms with Crippen molar-refractivity contribution in [1.82, 2.24) is 9.97 Å². The fraction of sp³-hybridized carbons (Fsp3) is 0.409. The molecule has 7 heteroatoms. The van der Waals surface area contributed by atoms with Crippen LogP contribution in [0.15, 0.2) is 23.2 Å². The lowest BCUT2D eigenvalue weighted by Crippen LogP contribution is -2.43. The van der Waals surface area contributed by atoms with Gasteiger partial charge in [-0.3, -0.25) is 4.79 Å². The molecular formula is C22H24FN3OS2. The third-order valence-electron chi connectivity index (χ3n) is 5.46. The van der Waals surface area contributed by atoms with Crippen LogP contribution < -0.4 is 4.90 Å². The first-order chi connectivity index (χ1) is 13.9. The number of anilines is 1. The van der Waals surface area contributed by atoms with E-state index in [9.17, 15) is 9.18 Å². The van der Waals surface area contributed by atoms with Gasteiger partial charge in [0.2, 0.25) is 5.91 Å². The maximum absolute atomic E-state index is 13.6. The minimum atomic E-state index is -0.251. The Morgan fingerprint density at radius 3 is 2.90 bits per heavy atom. The van der Waals surface area contributed by atoms with Crippen molar-refractivity contribution < 1.29 is 9.18 Å². The Kier molecular flexibility index (Phi) is 5.62. The highest BCUT2D eigenvalue weighted by atomic mass is 32.2. The van der Waals surface area contributed by atoms with Crippen molar-refractivity contribution in [2.24, 2.45) is 0 Å². The van der Waals surface area contributed by atoms with Crippen LogP contribution in [0, 0.1) is 19.7 Å². The summed E-state index contributed by atoms with van der Waals surface area (Å²) < 4.78 is 13.6. The molecule has 4 nitrogen and oxygen atoms in total. The Bertz CT molecular complexity index is 1100. The number of benzene rings is 1. The number of hydrogen-bond donors (Lipinski definition) is 0. The number of fused-ring (bicyclic) bond motifs is 2. The Morgan fingerprint density at radius 1 is 1.34 bits per heavy atom. The van der Waals surface area contributed by atoms with Gasteiger partial charge >= 0.3 is 0 Å².